The number of hydrogen-bond acceptors (Lipinski definition) is 5. The van der Waals surface area contributed by atoms with Gasteiger partial charge in [-0.15, -0.1) is 0 Å². The molecular weight excluding hydrogens is 275 g/mol. The summed E-state index contributed by atoms with van der Waals surface area (Å²) in [5.74, 6) is 0.242. The molecule has 92 valence electrons. The van der Waals surface area contributed by atoms with E-state index >= 15 is 0 Å². The number of nitrogens with two attached hydrogens (primary N) is 1. The standard InChI is InChI=1S/C11H8Cl2N4O/c12-6-1-3-7(4-2-6)15-10-8(5-18)9(13)16-11(14)17-10/h1-5H,(H3,14,15,16,17). The van der Waals surface area contributed by atoms with Crippen molar-refractivity contribution in [3.8, 4) is 0 Å². The lowest BCUT2D eigenvalue weighted by atomic mass is 10.3. The van der Waals surface area contributed by atoms with Crippen LogP contribution in [0.15, 0.2) is 24.3 Å². The van der Waals surface area contributed by atoms with Crippen molar-refractivity contribution in [1.29, 1.82) is 0 Å². The highest BCUT2D eigenvalue weighted by Gasteiger charge is 2.11. The SMILES string of the molecule is Nc1nc(Cl)c(C=O)c(Nc2ccc(Cl)cc2)n1. The predicted octanol–water partition coefficient (Wildman–Crippen LogP) is 2.92. The van der Waals surface area contributed by atoms with E-state index in [1.807, 2.05) is 0 Å². The maximum absolute atomic E-state index is 10.9. The third-order valence-electron chi connectivity index (χ3n) is 2.14. The van der Waals surface area contributed by atoms with E-state index in [9.17, 15) is 4.79 Å². The van der Waals surface area contributed by atoms with Crippen LogP contribution < -0.4 is 11.1 Å². The second-order valence-electron chi connectivity index (χ2n) is 3.38. The first kappa shape index (κ1) is 12.6. The van der Waals surface area contributed by atoms with E-state index in [0.717, 1.165) is 0 Å². The molecule has 0 unspecified atom stereocenters. The van der Waals surface area contributed by atoms with Gasteiger partial charge >= 0.3 is 0 Å². The number of aldehydes is 1. The molecule has 0 fully saturated rings. The van der Waals surface area contributed by atoms with Gasteiger partial charge in [0.15, 0.2) is 6.29 Å². The number of nitrogens with one attached hydrogen (secondary N) is 1. The van der Waals surface area contributed by atoms with Crippen LogP contribution in [0.4, 0.5) is 17.5 Å². The summed E-state index contributed by atoms with van der Waals surface area (Å²) in [7, 11) is 0. The number of aromatic nitrogens is 2. The fourth-order valence-electron chi connectivity index (χ4n) is 1.33. The molecule has 5 nitrogen and oxygen atoms in total. The number of hydrogen-bond donors (Lipinski definition) is 2. The van der Waals surface area contributed by atoms with Crippen LogP contribution in [-0.2, 0) is 0 Å². The molecule has 0 amide bonds. The van der Waals surface area contributed by atoms with Crippen LogP contribution in [0.25, 0.3) is 0 Å². The molecule has 18 heavy (non-hydrogen) atoms. The Labute approximate surface area is 113 Å². The molecule has 0 spiro atoms. The molecule has 0 atom stereocenters. The van der Waals surface area contributed by atoms with Crippen molar-refractivity contribution in [1.82, 2.24) is 9.97 Å². The van der Waals surface area contributed by atoms with Gasteiger partial charge in [0.05, 0.1) is 5.56 Å². The summed E-state index contributed by atoms with van der Waals surface area (Å²) >= 11 is 11.6. The van der Waals surface area contributed by atoms with Gasteiger partial charge in [0.2, 0.25) is 5.95 Å². The maximum Gasteiger partial charge on any atom is 0.223 e. The van der Waals surface area contributed by atoms with Gasteiger partial charge in [0.1, 0.15) is 11.0 Å². The maximum atomic E-state index is 10.9. The molecule has 0 radical (unpaired) electrons. The topological polar surface area (TPSA) is 80.9 Å². The van der Waals surface area contributed by atoms with Crippen molar-refractivity contribution < 1.29 is 4.79 Å². The minimum atomic E-state index is -0.0120. The molecular formula is C11H8Cl2N4O. The molecule has 1 heterocycles. The van der Waals surface area contributed by atoms with Gasteiger partial charge in [-0.2, -0.15) is 4.98 Å². The molecule has 0 saturated carbocycles. The Hall–Kier alpha value is -1.85. The molecule has 2 aromatic rings. The van der Waals surface area contributed by atoms with E-state index in [2.05, 4.69) is 15.3 Å². The Morgan fingerprint density at radius 2 is 1.83 bits per heavy atom. The van der Waals surface area contributed by atoms with Gasteiger partial charge in [0.25, 0.3) is 0 Å². The summed E-state index contributed by atoms with van der Waals surface area (Å²) in [4.78, 5) is 18.6. The van der Waals surface area contributed by atoms with Gasteiger partial charge in [-0.05, 0) is 24.3 Å². The Balaban J connectivity index is 2.39. The zero-order chi connectivity index (χ0) is 13.1. The van der Waals surface area contributed by atoms with Crippen molar-refractivity contribution in [3.05, 3.63) is 40.0 Å². The van der Waals surface area contributed by atoms with Crippen molar-refractivity contribution in [2.75, 3.05) is 11.1 Å². The molecule has 3 N–H and O–H groups in total. The molecule has 7 heteroatoms. The van der Waals surface area contributed by atoms with Crippen LogP contribution in [0.1, 0.15) is 10.4 Å². The number of carbonyl (C=O) groups excluding carboxylic acids is 1. The highest BCUT2D eigenvalue weighted by Crippen LogP contribution is 2.24. The van der Waals surface area contributed by atoms with Gasteiger partial charge in [0, 0.05) is 10.7 Å². The van der Waals surface area contributed by atoms with E-state index in [0.29, 0.717) is 17.0 Å². The van der Waals surface area contributed by atoms with Crippen LogP contribution in [0.5, 0.6) is 0 Å². The Bertz CT molecular complexity index is 586. The van der Waals surface area contributed by atoms with Crippen molar-refractivity contribution in [3.63, 3.8) is 0 Å². The van der Waals surface area contributed by atoms with Gasteiger partial charge in [-0.3, -0.25) is 4.79 Å². The number of benzene rings is 1. The van der Waals surface area contributed by atoms with Gasteiger partial charge in [-0.25, -0.2) is 4.98 Å². The molecule has 0 aliphatic carbocycles. The number of halogens is 2. The quantitative estimate of drug-likeness (QED) is 0.668. The van der Waals surface area contributed by atoms with Crippen LogP contribution >= 0.6 is 23.2 Å². The van der Waals surface area contributed by atoms with E-state index in [-0.39, 0.29) is 22.5 Å². The zero-order valence-electron chi connectivity index (χ0n) is 9.02. The average Bonchev–Trinajstić information content (AvgIpc) is 2.32. The fraction of sp³-hybridized carbons (Fsp3) is 0. The zero-order valence-corrected chi connectivity index (χ0v) is 10.5. The third-order valence-corrected chi connectivity index (χ3v) is 2.68. The van der Waals surface area contributed by atoms with Crippen molar-refractivity contribution in [2.24, 2.45) is 0 Å². The number of nitrogen functional groups attached to an aromatic ring is 1. The number of anilines is 3. The number of rotatable bonds is 3. The molecule has 1 aromatic heterocycles. The van der Waals surface area contributed by atoms with Gasteiger partial charge in [-0.1, -0.05) is 23.2 Å². The Kier molecular flexibility index (Phi) is 3.64. The first-order valence-electron chi connectivity index (χ1n) is 4.91. The Morgan fingerprint density at radius 1 is 1.17 bits per heavy atom. The molecule has 0 aliphatic heterocycles. The minimum absolute atomic E-state index is 0.00830. The fourth-order valence-corrected chi connectivity index (χ4v) is 1.67. The lowest BCUT2D eigenvalue weighted by molar-refractivity contribution is 0.112. The monoisotopic (exact) mass is 282 g/mol. The van der Waals surface area contributed by atoms with E-state index < -0.39 is 0 Å². The lowest BCUT2D eigenvalue weighted by Crippen LogP contribution is -2.05. The first-order chi connectivity index (χ1) is 8.60. The third kappa shape index (κ3) is 2.69. The Morgan fingerprint density at radius 3 is 2.44 bits per heavy atom. The predicted molar refractivity (Wildman–Crippen MR) is 71.6 cm³/mol. The smallest absolute Gasteiger partial charge is 0.223 e. The minimum Gasteiger partial charge on any atom is -0.368 e. The average molecular weight is 283 g/mol. The summed E-state index contributed by atoms with van der Waals surface area (Å²) in [5, 5.41) is 3.54. The molecule has 1 aromatic carbocycles. The first-order valence-corrected chi connectivity index (χ1v) is 5.66. The highest BCUT2D eigenvalue weighted by atomic mass is 35.5. The summed E-state index contributed by atoms with van der Waals surface area (Å²) in [6.45, 7) is 0. The van der Waals surface area contributed by atoms with Crippen LogP contribution in [0.2, 0.25) is 10.2 Å². The second-order valence-corrected chi connectivity index (χ2v) is 4.18. The summed E-state index contributed by atoms with van der Waals surface area (Å²) in [6.07, 6.45) is 0.569. The molecule has 0 bridgehead atoms. The van der Waals surface area contributed by atoms with E-state index in [1.54, 1.807) is 24.3 Å². The summed E-state index contributed by atoms with van der Waals surface area (Å²) in [6, 6.07) is 6.89. The van der Waals surface area contributed by atoms with Gasteiger partial charge < -0.3 is 11.1 Å². The molecule has 0 saturated heterocycles. The van der Waals surface area contributed by atoms with E-state index in [4.69, 9.17) is 28.9 Å². The molecule has 2 rings (SSSR count). The van der Waals surface area contributed by atoms with Crippen molar-refractivity contribution in [2.45, 2.75) is 0 Å². The summed E-state index contributed by atoms with van der Waals surface area (Å²) < 4.78 is 0. The van der Waals surface area contributed by atoms with Crippen LogP contribution in [-0.4, -0.2) is 16.3 Å². The van der Waals surface area contributed by atoms with Crippen LogP contribution in [0.3, 0.4) is 0 Å². The van der Waals surface area contributed by atoms with E-state index in [1.165, 1.54) is 0 Å². The second kappa shape index (κ2) is 5.20. The molecule has 0 aliphatic rings. The van der Waals surface area contributed by atoms with Crippen molar-refractivity contribution >= 4 is 46.9 Å². The highest BCUT2D eigenvalue weighted by molar-refractivity contribution is 6.32. The summed E-state index contributed by atoms with van der Waals surface area (Å²) in [5.41, 5.74) is 6.34. The largest absolute Gasteiger partial charge is 0.368 e. The van der Waals surface area contributed by atoms with Crippen LogP contribution in [0, 0.1) is 0 Å². The number of nitrogens with zero attached hydrogens (tertiary/aromatic N) is 2. The normalized spacial score (nSPS) is 10.1. The number of carbonyl (C=O) groups is 1. The lowest BCUT2D eigenvalue weighted by Gasteiger charge is -2.09.